The van der Waals surface area contributed by atoms with Crippen molar-refractivity contribution in [2.75, 3.05) is 25.6 Å². The van der Waals surface area contributed by atoms with Crippen molar-refractivity contribution in [2.24, 2.45) is 0 Å². The Kier molecular flexibility index (Phi) is 10.3. The average Bonchev–Trinajstić information content (AvgIpc) is 2.56. The molecule has 0 saturated heterocycles. The molecule has 1 aromatic carbocycles. The number of ether oxygens (including phenoxy) is 1. The van der Waals surface area contributed by atoms with Gasteiger partial charge in [0.1, 0.15) is 19.4 Å². The van der Waals surface area contributed by atoms with Crippen LogP contribution in [-0.2, 0) is 14.3 Å². The molecule has 10 nitrogen and oxygen atoms in total. The highest BCUT2D eigenvalue weighted by Gasteiger charge is 2.29. The van der Waals surface area contributed by atoms with Crippen molar-refractivity contribution >= 4 is 97.2 Å². The van der Waals surface area contributed by atoms with Crippen LogP contribution < -0.4 is 16.0 Å². The number of aliphatic hydroxyl groups excluding tert-OH is 1. The van der Waals surface area contributed by atoms with Crippen LogP contribution in [0.2, 0.25) is 0 Å². The van der Waals surface area contributed by atoms with Crippen LogP contribution in [0.1, 0.15) is 27.6 Å². The molecule has 0 aliphatic carbocycles. The topological polar surface area (TPSA) is 154 Å². The van der Waals surface area contributed by atoms with Gasteiger partial charge in [0.05, 0.1) is 24.0 Å². The third-order valence-corrected chi connectivity index (χ3v) is 6.29. The summed E-state index contributed by atoms with van der Waals surface area (Å²) in [4.78, 5) is 47.9. The van der Waals surface area contributed by atoms with E-state index in [0.29, 0.717) is 7.14 Å². The molecule has 0 radical (unpaired) electrons. The van der Waals surface area contributed by atoms with Crippen molar-refractivity contribution in [3.8, 4) is 0 Å². The van der Waals surface area contributed by atoms with E-state index in [1.54, 1.807) is 22.6 Å². The number of anilines is 1. The number of methoxy groups -OCH3 is 1. The summed E-state index contributed by atoms with van der Waals surface area (Å²) in [5.74, 6) is -3.11. The summed E-state index contributed by atoms with van der Waals surface area (Å²) in [5.41, 5.74) is 0.307. The number of carboxylic acid groups (broad SMARTS) is 1. The highest BCUT2D eigenvalue weighted by atomic mass is 127. The van der Waals surface area contributed by atoms with Gasteiger partial charge in [-0.05, 0) is 74.7 Å². The molecule has 13 heteroatoms. The van der Waals surface area contributed by atoms with E-state index in [2.05, 4.69) is 16.0 Å². The van der Waals surface area contributed by atoms with Crippen molar-refractivity contribution in [3.05, 3.63) is 21.8 Å². The van der Waals surface area contributed by atoms with Crippen LogP contribution in [0.5, 0.6) is 0 Å². The standard InChI is InChI=1S/C15H16I3N3O7/c1-5(22)20-15(27)9-10(16)8(14(26)19-3-7(24)25)11(17)13(12(9)18)21-6(23)4-28-2/h5,22H,3-4H2,1-2H3,(H,19,26)(H,20,27)(H,21,23)(H,24,25). The van der Waals surface area contributed by atoms with Gasteiger partial charge in [-0.3, -0.25) is 19.2 Å². The minimum absolute atomic E-state index is 0.0336. The van der Waals surface area contributed by atoms with Gasteiger partial charge in [0, 0.05) is 10.7 Å². The lowest BCUT2D eigenvalue weighted by Crippen LogP contribution is -2.35. The zero-order valence-electron chi connectivity index (χ0n) is 14.6. The molecular weight excluding hydrogens is 715 g/mol. The Labute approximate surface area is 200 Å². The number of hydrogen-bond donors (Lipinski definition) is 5. The van der Waals surface area contributed by atoms with E-state index in [4.69, 9.17) is 9.84 Å². The van der Waals surface area contributed by atoms with Gasteiger partial charge in [0.2, 0.25) is 5.91 Å². The van der Waals surface area contributed by atoms with E-state index in [1.807, 2.05) is 45.2 Å². The van der Waals surface area contributed by atoms with Gasteiger partial charge in [-0.25, -0.2) is 0 Å². The highest BCUT2D eigenvalue weighted by Crippen LogP contribution is 2.35. The van der Waals surface area contributed by atoms with Crippen LogP contribution >= 0.6 is 67.8 Å². The number of carbonyl (C=O) groups is 4. The molecule has 0 aromatic heterocycles. The Morgan fingerprint density at radius 1 is 1.04 bits per heavy atom. The SMILES string of the molecule is COCC(=O)Nc1c(I)c(C(=O)NCC(=O)O)c(I)c(C(=O)NC(C)O)c1I. The fourth-order valence-electron chi connectivity index (χ4n) is 1.99. The predicted molar refractivity (Wildman–Crippen MR) is 124 cm³/mol. The van der Waals surface area contributed by atoms with Crippen molar-refractivity contribution in [3.63, 3.8) is 0 Å². The Bertz CT molecular complexity index is 815. The zero-order valence-corrected chi connectivity index (χ0v) is 21.0. The maximum Gasteiger partial charge on any atom is 0.322 e. The number of rotatable bonds is 8. The van der Waals surface area contributed by atoms with Crippen LogP contribution in [0.15, 0.2) is 0 Å². The lowest BCUT2D eigenvalue weighted by Gasteiger charge is -2.19. The molecule has 0 fully saturated rings. The number of aliphatic hydroxyl groups is 1. The van der Waals surface area contributed by atoms with E-state index in [0.717, 1.165) is 0 Å². The Balaban J connectivity index is 3.60. The average molecular weight is 731 g/mol. The number of amides is 3. The molecule has 1 rings (SSSR count). The lowest BCUT2D eigenvalue weighted by molar-refractivity contribution is -0.135. The smallest absolute Gasteiger partial charge is 0.322 e. The summed E-state index contributed by atoms with van der Waals surface area (Å²) in [6.07, 6.45) is -1.14. The first kappa shape index (κ1) is 25.2. The van der Waals surface area contributed by atoms with Crippen molar-refractivity contribution in [2.45, 2.75) is 13.2 Å². The number of carboxylic acids is 1. The van der Waals surface area contributed by atoms with Crippen LogP contribution in [0.25, 0.3) is 0 Å². The van der Waals surface area contributed by atoms with Crippen molar-refractivity contribution in [1.29, 1.82) is 0 Å². The van der Waals surface area contributed by atoms with Crippen molar-refractivity contribution in [1.82, 2.24) is 10.6 Å². The molecule has 0 heterocycles. The molecule has 0 aliphatic heterocycles. The second kappa shape index (κ2) is 11.4. The molecule has 3 amide bonds. The fourth-order valence-corrected chi connectivity index (χ4v) is 6.40. The fraction of sp³-hybridized carbons (Fsp3) is 0.333. The van der Waals surface area contributed by atoms with Crippen LogP contribution in [0, 0.1) is 10.7 Å². The van der Waals surface area contributed by atoms with E-state index in [9.17, 15) is 24.3 Å². The third-order valence-electron chi connectivity index (χ3n) is 3.05. The lowest BCUT2D eigenvalue weighted by atomic mass is 10.1. The van der Waals surface area contributed by atoms with Gasteiger partial charge in [-0.15, -0.1) is 0 Å². The Morgan fingerprint density at radius 3 is 2.04 bits per heavy atom. The monoisotopic (exact) mass is 731 g/mol. The molecule has 0 aliphatic rings. The zero-order chi connectivity index (χ0) is 21.6. The number of hydrogen-bond acceptors (Lipinski definition) is 6. The number of halogens is 3. The largest absolute Gasteiger partial charge is 0.480 e. The first-order valence-corrected chi connectivity index (χ1v) is 10.7. The molecule has 1 aromatic rings. The number of nitrogens with one attached hydrogen (secondary N) is 3. The van der Waals surface area contributed by atoms with Gasteiger partial charge >= 0.3 is 5.97 Å². The second-order valence-electron chi connectivity index (χ2n) is 5.27. The quantitative estimate of drug-likeness (QED) is 0.198. The summed E-state index contributed by atoms with van der Waals surface area (Å²) < 4.78 is 5.70. The van der Waals surface area contributed by atoms with Gasteiger partial charge in [-0.2, -0.15) is 0 Å². The molecule has 0 spiro atoms. The highest BCUT2D eigenvalue weighted by molar-refractivity contribution is 14.1. The summed E-state index contributed by atoms with van der Waals surface area (Å²) in [6, 6.07) is 0. The van der Waals surface area contributed by atoms with Crippen LogP contribution in [0.3, 0.4) is 0 Å². The Morgan fingerprint density at radius 2 is 1.57 bits per heavy atom. The first-order chi connectivity index (χ1) is 13.0. The molecule has 1 atom stereocenters. The van der Waals surface area contributed by atoms with Crippen LogP contribution in [-0.4, -0.2) is 60.4 Å². The summed E-state index contributed by atoms with van der Waals surface area (Å²) >= 11 is 5.49. The summed E-state index contributed by atoms with van der Waals surface area (Å²) in [6.45, 7) is 0.498. The predicted octanol–water partition coefficient (Wildman–Crippen LogP) is 0.968. The van der Waals surface area contributed by atoms with Gasteiger partial charge < -0.3 is 30.9 Å². The molecule has 0 saturated carbocycles. The maximum absolute atomic E-state index is 12.6. The van der Waals surface area contributed by atoms with Gasteiger partial charge in [0.25, 0.3) is 11.8 Å². The van der Waals surface area contributed by atoms with E-state index < -0.39 is 36.5 Å². The minimum atomic E-state index is -1.23. The molecule has 5 N–H and O–H groups in total. The van der Waals surface area contributed by atoms with Gasteiger partial charge in [0.15, 0.2) is 0 Å². The normalized spacial score (nSPS) is 11.5. The molecule has 28 heavy (non-hydrogen) atoms. The molecule has 154 valence electrons. The van der Waals surface area contributed by atoms with Crippen molar-refractivity contribution < 1.29 is 34.1 Å². The Hall–Kier alpha value is -0.790. The van der Waals surface area contributed by atoms with E-state index >= 15 is 0 Å². The third kappa shape index (κ3) is 6.63. The molecule has 1 unspecified atom stereocenters. The van der Waals surface area contributed by atoms with E-state index in [1.165, 1.54) is 14.0 Å². The second-order valence-corrected chi connectivity index (χ2v) is 8.51. The number of benzene rings is 1. The van der Waals surface area contributed by atoms with E-state index in [-0.39, 0.29) is 27.0 Å². The maximum atomic E-state index is 12.6. The molecule has 0 bridgehead atoms. The molecular formula is C15H16I3N3O7. The summed E-state index contributed by atoms with van der Waals surface area (Å²) in [5, 5.41) is 25.4. The minimum Gasteiger partial charge on any atom is -0.480 e. The van der Waals surface area contributed by atoms with Crippen LogP contribution in [0.4, 0.5) is 5.69 Å². The van der Waals surface area contributed by atoms with Gasteiger partial charge in [-0.1, -0.05) is 0 Å². The summed E-state index contributed by atoms with van der Waals surface area (Å²) in [7, 11) is 1.34. The number of carbonyl (C=O) groups excluding carboxylic acids is 3. The number of aliphatic carboxylic acids is 1. The first-order valence-electron chi connectivity index (χ1n) is 7.49.